The molecule has 0 aromatic rings. The van der Waals surface area contributed by atoms with Crippen molar-refractivity contribution in [3.63, 3.8) is 0 Å². The molecule has 0 aromatic carbocycles. The molecular formula is C21H37NO21S2. The summed E-state index contributed by atoms with van der Waals surface area (Å²) in [6, 6.07) is -1.38. The third kappa shape index (κ3) is 9.64. The number of rotatable bonds is 12. The number of hydrogen-bond acceptors (Lipinski definition) is 19. The van der Waals surface area contributed by atoms with Crippen LogP contribution in [0, 0.1) is 0 Å². The number of nitrogens with one attached hydrogen (secondary N) is 1. The first-order valence-electron chi connectivity index (χ1n) is 13.1. The van der Waals surface area contributed by atoms with Crippen LogP contribution in [0.5, 0.6) is 0 Å². The zero-order valence-electron chi connectivity index (χ0n) is 23.8. The topological polar surface area (TPSA) is 333 Å². The molecule has 45 heavy (non-hydrogen) atoms. The van der Waals surface area contributed by atoms with Gasteiger partial charge in [-0.25, -0.2) is 8.37 Å². The number of carbonyl (C=O) groups is 1. The first kappa shape index (κ1) is 38.2. The number of aliphatic hydroxyl groups excluding tert-OH is 6. The van der Waals surface area contributed by atoms with Crippen LogP contribution < -0.4 is 5.32 Å². The molecule has 264 valence electrons. The maximum Gasteiger partial charge on any atom is 0.397 e. The molecule has 0 spiro atoms. The van der Waals surface area contributed by atoms with Gasteiger partial charge in [-0.15, -0.1) is 0 Å². The van der Waals surface area contributed by atoms with Crippen LogP contribution in [0.4, 0.5) is 0 Å². The number of aliphatic hydroxyl groups is 6. The van der Waals surface area contributed by atoms with Crippen molar-refractivity contribution in [2.75, 3.05) is 20.3 Å². The van der Waals surface area contributed by atoms with Crippen molar-refractivity contribution in [2.45, 2.75) is 106 Å². The van der Waals surface area contributed by atoms with E-state index in [1.165, 1.54) is 6.92 Å². The smallest absolute Gasteiger partial charge is 0.394 e. The summed E-state index contributed by atoms with van der Waals surface area (Å²) in [7, 11) is -9.38. The van der Waals surface area contributed by atoms with Crippen LogP contribution >= 0.6 is 0 Å². The van der Waals surface area contributed by atoms with Gasteiger partial charge in [-0.2, -0.15) is 16.8 Å². The molecule has 0 aromatic heterocycles. The SMILES string of the molecule is CO[C@@H]1O[C@H](CO)[C@@H](O[C@@H]2O[C@H](COS(=O)(=O)O)[C@H](O)[C@H](OS(=O)(=O)O)[C@H]2O)[C@H](O[C@@H]2O[C@@H](C)[C@@H](O)[C@@H](O)[C@@H]2O)[C@H]1NC(C)=O. The maximum atomic E-state index is 12.1. The summed E-state index contributed by atoms with van der Waals surface area (Å²) < 4.78 is 105. The van der Waals surface area contributed by atoms with Crippen molar-refractivity contribution in [1.82, 2.24) is 5.32 Å². The predicted molar refractivity (Wildman–Crippen MR) is 137 cm³/mol. The van der Waals surface area contributed by atoms with Gasteiger partial charge in [-0.1, -0.05) is 0 Å². The number of carbonyl (C=O) groups excluding carboxylic acids is 1. The Balaban J connectivity index is 2.02. The summed E-state index contributed by atoms with van der Waals surface area (Å²) in [4.78, 5) is 12.1. The van der Waals surface area contributed by atoms with Gasteiger partial charge in [0.15, 0.2) is 18.9 Å². The average molecular weight is 704 g/mol. The number of methoxy groups -OCH3 is 1. The van der Waals surface area contributed by atoms with E-state index in [0.717, 1.165) is 14.0 Å². The molecule has 3 saturated heterocycles. The fourth-order valence-electron chi connectivity index (χ4n) is 4.96. The second kappa shape index (κ2) is 15.3. The van der Waals surface area contributed by atoms with Crippen LogP contribution in [0.1, 0.15) is 13.8 Å². The molecule has 1 amide bonds. The van der Waals surface area contributed by atoms with Crippen molar-refractivity contribution >= 4 is 26.7 Å². The van der Waals surface area contributed by atoms with Gasteiger partial charge in [0, 0.05) is 14.0 Å². The van der Waals surface area contributed by atoms with E-state index in [0.29, 0.717) is 0 Å². The summed E-state index contributed by atoms with van der Waals surface area (Å²) in [6.45, 7) is 0.339. The van der Waals surface area contributed by atoms with Crippen molar-refractivity contribution in [3.05, 3.63) is 0 Å². The van der Waals surface area contributed by atoms with Crippen LogP contribution in [0.15, 0.2) is 0 Å². The van der Waals surface area contributed by atoms with Crippen molar-refractivity contribution < 1.29 is 98.2 Å². The molecule has 3 fully saturated rings. The predicted octanol–water partition coefficient (Wildman–Crippen LogP) is -6.09. The molecule has 0 bridgehead atoms. The van der Waals surface area contributed by atoms with Gasteiger partial charge in [0.2, 0.25) is 5.91 Å². The lowest BCUT2D eigenvalue weighted by atomic mass is 9.94. The highest BCUT2D eigenvalue weighted by Crippen LogP contribution is 2.34. The molecule has 3 aliphatic rings. The van der Waals surface area contributed by atoms with Gasteiger partial charge >= 0.3 is 20.8 Å². The first-order valence-corrected chi connectivity index (χ1v) is 15.9. The van der Waals surface area contributed by atoms with E-state index in [-0.39, 0.29) is 0 Å². The Labute approximate surface area is 256 Å². The number of ether oxygens (including phenoxy) is 6. The van der Waals surface area contributed by atoms with Gasteiger partial charge in [0.1, 0.15) is 67.1 Å². The van der Waals surface area contributed by atoms with E-state index in [4.69, 9.17) is 33.0 Å². The van der Waals surface area contributed by atoms with E-state index in [1.54, 1.807) is 0 Å². The third-order valence-electron chi connectivity index (χ3n) is 7.08. The standard InChI is InChI=1S/C21H37NO21S2/c1-6-11(25)13(27)14(28)20(38-6)42-17-10(22-7(2)24)19(36-3)39-8(4-23)16(17)41-21-15(29)18(43-45(33,34)35)12(26)9(40-21)5-37-44(30,31)32/h6,8-21,23,25-29H,4-5H2,1-3H3,(H,22,24)(H,30,31,32)(H,33,34,35)/t6-,8+,9+,10+,11+,12-,13+,14-,15+,16+,17+,18-,19+,20-,21-/m0/s1. The van der Waals surface area contributed by atoms with E-state index < -0.39 is 132 Å². The van der Waals surface area contributed by atoms with Gasteiger partial charge < -0.3 is 64.4 Å². The lowest BCUT2D eigenvalue weighted by Gasteiger charge is -2.50. The van der Waals surface area contributed by atoms with Gasteiger partial charge in [-0.05, 0) is 6.92 Å². The summed E-state index contributed by atoms with van der Waals surface area (Å²) in [5.41, 5.74) is 0. The van der Waals surface area contributed by atoms with Crippen LogP contribution in [-0.2, 0) is 62.4 Å². The highest BCUT2D eigenvalue weighted by molar-refractivity contribution is 7.81. The van der Waals surface area contributed by atoms with Crippen LogP contribution in [0.25, 0.3) is 0 Å². The summed E-state index contributed by atoms with van der Waals surface area (Å²) in [6.07, 6.45) is -25.3. The normalized spacial score (nSPS) is 43.1. The Morgan fingerprint density at radius 2 is 1.33 bits per heavy atom. The van der Waals surface area contributed by atoms with Gasteiger partial charge in [0.25, 0.3) is 0 Å². The Morgan fingerprint density at radius 1 is 0.756 bits per heavy atom. The summed E-state index contributed by atoms with van der Waals surface area (Å²) in [5, 5.41) is 64.9. The average Bonchev–Trinajstić information content (AvgIpc) is 2.93. The van der Waals surface area contributed by atoms with Crippen LogP contribution in [-0.4, -0.2) is 175 Å². The molecule has 0 radical (unpaired) electrons. The molecule has 3 rings (SSSR count). The van der Waals surface area contributed by atoms with Crippen LogP contribution in [0.3, 0.4) is 0 Å². The van der Waals surface area contributed by atoms with Crippen molar-refractivity contribution in [3.8, 4) is 0 Å². The van der Waals surface area contributed by atoms with Crippen molar-refractivity contribution in [1.29, 1.82) is 0 Å². The minimum absolute atomic E-state index is 0.685. The Morgan fingerprint density at radius 3 is 1.87 bits per heavy atom. The number of amides is 1. The molecule has 15 atom stereocenters. The Hall–Kier alpha value is -1.27. The lowest BCUT2D eigenvalue weighted by molar-refractivity contribution is -0.370. The number of hydrogen-bond donors (Lipinski definition) is 9. The fraction of sp³-hybridized carbons (Fsp3) is 0.952. The fourth-order valence-corrected chi connectivity index (χ4v) is 5.78. The molecule has 0 saturated carbocycles. The zero-order valence-corrected chi connectivity index (χ0v) is 25.4. The quantitative estimate of drug-likeness (QED) is 0.0854. The maximum absolute atomic E-state index is 12.1. The van der Waals surface area contributed by atoms with Crippen LogP contribution in [0.2, 0.25) is 0 Å². The Bertz CT molecular complexity index is 1200. The summed E-state index contributed by atoms with van der Waals surface area (Å²) in [5.74, 6) is -0.685. The van der Waals surface area contributed by atoms with Gasteiger partial charge in [0.05, 0.1) is 19.3 Å². The lowest BCUT2D eigenvalue weighted by Crippen LogP contribution is -2.69. The minimum Gasteiger partial charge on any atom is -0.394 e. The molecule has 0 aliphatic carbocycles. The molecule has 24 heteroatoms. The molecular weight excluding hydrogens is 666 g/mol. The van der Waals surface area contributed by atoms with E-state index in [2.05, 4.69) is 13.7 Å². The zero-order chi connectivity index (χ0) is 34.0. The minimum atomic E-state index is -5.39. The van der Waals surface area contributed by atoms with E-state index >= 15 is 0 Å². The molecule has 9 N–H and O–H groups in total. The van der Waals surface area contributed by atoms with Gasteiger partial charge in [-0.3, -0.25) is 13.9 Å². The highest BCUT2D eigenvalue weighted by atomic mass is 32.3. The Kier molecular flexibility index (Phi) is 13.0. The van der Waals surface area contributed by atoms with Crippen molar-refractivity contribution in [2.24, 2.45) is 0 Å². The molecule has 3 heterocycles. The monoisotopic (exact) mass is 703 g/mol. The third-order valence-corrected chi connectivity index (χ3v) is 7.97. The highest BCUT2D eigenvalue weighted by Gasteiger charge is 2.55. The summed E-state index contributed by atoms with van der Waals surface area (Å²) >= 11 is 0. The van der Waals surface area contributed by atoms with E-state index in [9.17, 15) is 56.8 Å². The molecule has 0 unspecified atom stereocenters. The second-order valence-electron chi connectivity index (χ2n) is 10.3. The molecule has 3 aliphatic heterocycles. The molecule has 22 nitrogen and oxygen atoms in total. The van der Waals surface area contributed by atoms with E-state index in [1.807, 2.05) is 0 Å². The second-order valence-corrected chi connectivity index (χ2v) is 12.4. The first-order chi connectivity index (χ1) is 20.8. The largest absolute Gasteiger partial charge is 0.397 e.